The zero-order chi connectivity index (χ0) is 18.2. The second kappa shape index (κ2) is 9.15. The predicted molar refractivity (Wildman–Crippen MR) is 100 cm³/mol. The predicted octanol–water partition coefficient (Wildman–Crippen LogP) is 3.84. The molecule has 26 heavy (non-hydrogen) atoms. The number of thiophene rings is 1. The van der Waals surface area contributed by atoms with Gasteiger partial charge in [-0.2, -0.15) is 0 Å². The van der Waals surface area contributed by atoms with Crippen molar-refractivity contribution in [2.75, 3.05) is 7.11 Å². The molecule has 1 aromatic carbocycles. The summed E-state index contributed by atoms with van der Waals surface area (Å²) in [5, 5.41) is 12.9. The number of hydrogen-bond donors (Lipinski definition) is 1. The van der Waals surface area contributed by atoms with Crippen LogP contribution in [0.2, 0.25) is 0 Å². The van der Waals surface area contributed by atoms with Crippen LogP contribution in [0.3, 0.4) is 0 Å². The first kappa shape index (κ1) is 18.1. The zero-order valence-corrected chi connectivity index (χ0v) is 15.4. The molecule has 0 spiro atoms. The number of nitrogens with one attached hydrogen (secondary N) is 1. The summed E-state index contributed by atoms with van der Waals surface area (Å²) < 4.78 is 10.8. The molecule has 0 unspecified atom stereocenters. The average Bonchev–Trinajstić information content (AvgIpc) is 3.35. The van der Waals surface area contributed by atoms with Crippen LogP contribution in [0.5, 0.6) is 5.75 Å². The lowest BCUT2D eigenvalue weighted by Crippen LogP contribution is -2.22. The summed E-state index contributed by atoms with van der Waals surface area (Å²) in [6.07, 6.45) is 3.40. The Morgan fingerprint density at radius 1 is 1.23 bits per heavy atom. The summed E-state index contributed by atoms with van der Waals surface area (Å²) in [6.45, 7) is 0.237. The van der Waals surface area contributed by atoms with Crippen molar-refractivity contribution in [3.8, 4) is 17.2 Å². The standard InChI is InChI=1S/C19H21N3O3S/c1-24-15-7-4-6-14(12-15)19-22-21-18(25-19)13-20-17(23)10-3-2-8-16-9-5-11-26-16/h4-7,9,11-12H,2-3,8,10,13H2,1H3,(H,20,23). The number of amides is 1. The van der Waals surface area contributed by atoms with E-state index in [-0.39, 0.29) is 12.5 Å². The Hall–Kier alpha value is -2.67. The van der Waals surface area contributed by atoms with Crippen molar-refractivity contribution in [2.45, 2.75) is 32.2 Å². The lowest BCUT2D eigenvalue weighted by molar-refractivity contribution is -0.121. The summed E-state index contributed by atoms with van der Waals surface area (Å²) in [5.74, 6) is 1.51. The summed E-state index contributed by atoms with van der Waals surface area (Å²) in [6, 6.07) is 11.6. The van der Waals surface area contributed by atoms with Gasteiger partial charge in [0.25, 0.3) is 0 Å². The van der Waals surface area contributed by atoms with Crippen LogP contribution in [0.1, 0.15) is 30.0 Å². The van der Waals surface area contributed by atoms with Crippen LogP contribution in [0.4, 0.5) is 0 Å². The van der Waals surface area contributed by atoms with Gasteiger partial charge in [0.15, 0.2) is 0 Å². The maximum absolute atomic E-state index is 11.9. The van der Waals surface area contributed by atoms with Crippen LogP contribution in [-0.4, -0.2) is 23.2 Å². The third kappa shape index (κ3) is 5.16. The van der Waals surface area contributed by atoms with Crippen molar-refractivity contribution < 1.29 is 13.9 Å². The van der Waals surface area contributed by atoms with Gasteiger partial charge in [0.05, 0.1) is 13.7 Å². The van der Waals surface area contributed by atoms with Crippen LogP contribution >= 0.6 is 11.3 Å². The fraction of sp³-hybridized carbons (Fsp3) is 0.316. The summed E-state index contributed by atoms with van der Waals surface area (Å²) in [7, 11) is 1.61. The minimum atomic E-state index is -0.00249. The van der Waals surface area contributed by atoms with Gasteiger partial charge in [0.1, 0.15) is 5.75 Å². The van der Waals surface area contributed by atoms with Crippen molar-refractivity contribution in [1.29, 1.82) is 0 Å². The van der Waals surface area contributed by atoms with Gasteiger partial charge < -0.3 is 14.5 Å². The molecule has 0 aliphatic heterocycles. The number of aromatic nitrogens is 2. The number of unbranched alkanes of at least 4 members (excludes halogenated alkanes) is 1. The second-order valence-electron chi connectivity index (χ2n) is 5.80. The first-order chi connectivity index (χ1) is 12.7. The first-order valence-corrected chi connectivity index (χ1v) is 9.38. The highest BCUT2D eigenvalue weighted by Crippen LogP contribution is 2.22. The molecule has 0 atom stereocenters. The van der Waals surface area contributed by atoms with Crippen LogP contribution in [0.15, 0.2) is 46.2 Å². The molecule has 6 nitrogen and oxygen atoms in total. The van der Waals surface area contributed by atoms with Gasteiger partial charge >= 0.3 is 0 Å². The summed E-state index contributed by atoms with van der Waals surface area (Å²) in [5.41, 5.74) is 0.781. The molecule has 7 heteroatoms. The van der Waals surface area contributed by atoms with Gasteiger partial charge in [-0.1, -0.05) is 12.1 Å². The van der Waals surface area contributed by atoms with E-state index in [1.165, 1.54) is 4.88 Å². The number of nitrogens with zero attached hydrogens (tertiary/aromatic N) is 2. The Labute approximate surface area is 156 Å². The van der Waals surface area contributed by atoms with E-state index >= 15 is 0 Å². The number of benzene rings is 1. The molecular weight excluding hydrogens is 350 g/mol. The minimum absolute atomic E-state index is 0.00249. The molecule has 0 radical (unpaired) electrons. The second-order valence-corrected chi connectivity index (χ2v) is 6.83. The number of rotatable bonds is 9. The molecule has 0 saturated carbocycles. The highest BCUT2D eigenvalue weighted by atomic mass is 32.1. The molecule has 2 aromatic heterocycles. The Kier molecular flexibility index (Phi) is 6.38. The first-order valence-electron chi connectivity index (χ1n) is 8.50. The van der Waals surface area contributed by atoms with E-state index in [1.54, 1.807) is 18.4 Å². The lowest BCUT2D eigenvalue weighted by atomic mass is 10.1. The third-order valence-electron chi connectivity index (χ3n) is 3.88. The van der Waals surface area contributed by atoms with Crippen molar-refractivity contribution in [1.82, 2.24) is 15.5 Å². The minimum Gasteiger partial charge on any atom is -0.497 e. The molecule has 1 N–H and O–H groups in total. The molecule has 136 valence electrons. The van der Waals surface area contributed by atoms with Gasteiger partial charge in [-0.15, -0.1) is 21.5 Å². The number of carbonyl (C=O) groups excluding carboxylic acids is 1. The molecule has 2 heterocycles. The Morgan fingerprint density at radius 2 is 2.15 bits per heavy atom. The van der Waals surface area contributed by atoms with Crippen molar-refractivity contribution in [3.05, 3.63) is 52.5 Å². The SMILES string of the molecule is COc1cccc(-c2nnc(CNC(=O)CCCCc3cccs3)o2)c1. The Balaban J connectivity index is 1.41. The van der Waals surface area contributed by atoms with Gasteiger partial charge in [-0.3, -0.25) is 4.79 Å². The molecule has 0 fully saturated rings. The molecule has 0 aliphatic rings. The third-order valence-corrected chi connectivity index (χ3v) is 4.81. The Morgan fingerprint density at radius 3 is 2.96 bits per heavy atom. The number of methoxy groups -OCH3 is 1. The van der Waals surface area contributed by atoms with Gasteiger partial charge in [-0.25, -0.2) is 0 Å². The molecule has 0 saturated heterocycles. The van der Waals surface area contributed by atoms with Crippen LogP contribution < -0.4 is 10.1 Å². The number of ether oxygens (including phenoxy) is 1. The molecule has 0 aliphatic carbocycles. The van der Waals surface area contributed by atoms with Crippen molar-refractivity contribution in [2.24, 2.45) is 0 Å². The topological polar surface area (TPSA) is 77.3 Å². The van der Waals surface area contributed by atoms with Gasteiger partial charge in [0.2, 0.25) is 17.7 Å². The quantitative estimate of drug-likeness (QED) is 0.578. The average molecular weight is 371 g/mol. The fourth-order valence-corrected chi connectivity index (χ4v) is 3.25. The fourth-order valence-electron chi connectivity index (χ4n) is 2.50. The highest BCUT2D eigenvalue weighted by Gasteiger charge is 2.10. The smallest absolute Gasteiger partial charge is 0.247 e. The maximum atomic E-state index is 11.9. The van der Waals surface area contributed by atoms with E-state index in [1.807, 2.05) is 24.3 Å². The number of aryl methyl sites for hydroxylation is 1. The number of hydrogen-bond acceptors (Lipinski definition) is 6. The van der Waals surface area contributed by atoms with Crippen LogP contribution in [0.25, 0.3) is 11.5 Å². The Bertz CT molecular complexity index is 830. The zero-order valence-electron chi connectivity index (χ0n) is 14.6. The van der Waals surface area contributed by atoms with Crippen LogP contribution in [0, 0.1) is 0 Å². The van der Waals surface area contributed by atoms with E-state index in [0.29, 0.717) is 18.2 Å². The van der Waals surface area contributed by atoms with Gasteiger partial charge in [-0.05, 0) is 48.9 Å². The van der Waals surface area contributed by atoms with E-state index in [2.05, 4.69) is 33.0 Å². The van der Waals surface area contributed by atoms with Crippen molar-refractivity contribution >= 4 is 17.2 Å². The van der Waals surface area contributed by atoms with Gasteiger partial charge in [0, 0.05) is 16.9 Å². The molecule has 0 bridgehead atoms. The van der Waals surface area contributed by atoms with Crippen molar-refractivity contribution in [3.63, 3.8) is 0 Å². The van der Waals surface area contributed by atoms with E-state index in [9.17, 15) is 4.79 Å². The van der Waals surface area contributed by atoms with E-state index in [0.717, 1.165) is 30.6 Å². The maximum Gasteiger partial charge on any atom is 0.247 e. The molecule has 1 amide bonds. The number of carbonyl (C=O) groups is 1. The lowest BCUT2D eigenvalue weighted by Gasteiger charge is -2.02. The summed E-state index contributed by atoms with van der Waals surface area (Å²) in [4.78, 5) is 13.3. The normalized spacial score (nSPS) is 10.7. The molecular formula is C19H21N3O3S. The summed E-state index contributed by atoms with van der Waals surface area (Å²) >= 11 is 1.76. The highest BCUT2D eigenvalue weighted by molar-refractivity contribution is 7.09. The molecule has 3 aromatic rings. The molecule has 3 rings (SSSR count). The van der Waals surface area contributed by atoms with E-state index in [4.69, 9.17) is 9.15 Å². The largest absolute Gasteiger partial charge is 0.497 e. The van der Waals surface area contributed by atoms with Crippen LogP contribution in [-0.2, 0) is 17.8 Å². The van der Waals surface area contributed by atoms with E-state index < -0.39 is 0 Å². The monoisotopic (exact) mass is 371 g/mol.